The number of benzene rings is 1. The van der Waals surface area contributed by atoms with Gasteiger partial charge in [0.25, 0.3) is 0 Å². The Bertz CT molecular complexity index is 643. The number of urea groups is 1. The molecule has 0 spiro atoms. The summed E-state index contributed by atoms with van der Waals surface area (Å²) in [6.07, 6.45) is 1.72. The first kappa shape index (κ1) is 15.4. The number of hydrogen-bond acceptors (Lipinski definition) is 3. The van der Waals surface area contributed by atoms with Crippen LogP contribution in [0.1, 0.15) is 30.2 Å². The third kappa shape index (κ3) is 4.22. The number of thiazole rings is 1. The van der Waals surface area contributed by atoms with E-state index in [9.17, 15) is 13.6 Å². The molecule has 2 rings (SSSR count). The molecule has 7 heteroatoms. The molecule has 2 aromatic rings. The van der Waals surface area contributed by atoms with E-state index in [0.717, 1.165) is 17.0 Å². The van der Waals surface area contributed by atoms with Gasteiger partial charge in [-0.3, -0.25) is 5.32 Å². The van der Waals surface area contributed by atoms with Crippen LogP contribution in [-0.4, -0.2) is 11.0 Å². The molecule has 1 aromatic heterocycles. The second-order valence-corrected chi connectivity index (χ2v) is 5.84. The van der Waals surface area contributed by atoms with Crippen molar-refractivity contribution < 1.29 is 13.6 Å². The van der Waals surface area contributed by atoms with Gasteiger partial charge in [-0.25, -0.2) is 18.6 Å². The number of carbonyl (C=O) groups excluding carboxylic acids is 1. The summed E-state index contributed by atoms with van der Waals surface area (Å²) in [5.41, 5.74) is 0.478. The highest BCUT2D eigenvalue weighted by molar-refractivity contribution is 7.15. The Balaban J connectivity index is 1.88. The van der Waals surface area contributed by atoms with Crippen molar-refractivity contribution in [2.24, 2.45) is 0 Å². The molecule has 0 atom stereocenters. The molecule has 0 aliphatic heterocycles. The van der Waals surface area contributed by atoms with E-state index in [0.29, 0.717) is 16.6 Å². The first-order chi connectivity index (χ1) is 9.95. The Kier molecular flexibility index (Phi) is 4.85. The Morgan fingerprint density at radius 3 is 2.71 bits per heavy atom. The molecule has 0 aliphatic carbocycles. The van der Waals surface area contributed by atoms with Gasteiger partial charge >= 0.3 is 6.03 Å². The molecule has 2 amide bonds. The quantitative estimate of drug-likeness (QED) is 0.900. The minimum absolute atomic E-state index is 0.103. The van der Waals surface area contributed by atoms with E-state index >= 15 is 0 Å². The van der Waals surface area contributed by atoms with E-state index in [1.54, 1.807) is 6.20 Å². The fourth-order valence-corrected chi connectivity index (χ4v) is 2.40. The Morgan fingerprint density at radius 1 is 1.33 bits per heavy atom. The summed E-state index contributed by atoms with van der Waals surface area (Å²) in [5, 5.41) is 5.66. The van der Waals surface area contributed by atoms with Crippen LogP contribution in [0.15, 0.2) is 24.4 Å². The van der Waals surface area contributed by atoms with Crippen molar-refractivity contribution in [2.45, 2.75) is 26.3 Å². The summed E-state index contributed by atoms with van der Waals surface area (Å²) in [4.78, 5) is 16.9. The second-order valence-electron chi connectivity index (χ2n) is 4.78. The Morgan fingerprint density at radius 2 is 2.10 bits per heavy atom. The smallest absolute Gasteiger partial charge is 0.321 e. The molecular formula is C14H15F2N3OS. The zero-order valence-electron chi connectivity index (χ0n) is 11.6. The van der Waals surface area contributed by atoms with E-state index in [1.807, 2.05) is 13.8 Å². The van der Waals surface area contributed by atoms with E-state index in [2.05, 4.69) is 15.6 Å². The predicted octanol–water partition coefficient (Wildman–Crippen LogP) is 3.87. The molecule has 1 heterocycles. The lowest BCUT2D eigenvalue weighted by Gasteiger charge is -2.06. The molecule has 21 heavy (non-hydrogen) atoms. The zero-order chi connectivity index (χ0) is 15.4. The van der Waals surface area contributed by atoms with Gasteiger partial charge in [0.1, 0.15) is 0 Å². The molecule has 0 saturated carbocycles. The number of hydrogen-bond donors (Lipinski definition) is 2. The maximum atomic E-state index is 13.0. The third-order valence-electron chi connectivity index (χ3n) is 2.75. The van der Waals surface area contributed by atoms with Crippen molar-refractivity contribution in [3.05, 3.63) is 46.5 Å². The van der Waals surface area contributed by atoms with Gasteiger partial charge in [-0.15, -0.1) is 11.3 Å². The van der Waals surface area contributed by atoms with Gasteiger partial charge in [0, 0.05) is 17.6 Å². The molecule has 0 aliphatic rings. The van der Waals surface area contributed by atoms with Crippen LogP contribution in [-0.2, 0) is 6.54 Å². The number of rotatable bonds is 4. The van der Waals surface area contributed by atoms with Crippen molar-refractivity contribution in [3.8, 4) is 0 Å². The number of nitrogens with one attached hydrogen (secondary N) is 2. The lowest BCUT2D eigenvalue weighted by atomic mass is 10.2. The number of aromatic nitrogens is 1. The SMILES string of the molecule is CC(C)c1cnc(NC(=O)NCc2ccc(F)c(F)c2)s1. The van der Waals surface area contributed by atoms with Crippen LogP contribution in [0.4, 0.5) is 18.7 Å². The normalized spacial score (nSPS) is 10.7. The molecular weight excluding hydrogens is 296 g/mol. The van der Waals surface area contributed by atoms with Crippen molar-refractivity contribution in [1.82, 2.24) is 10.3 Å². The number of halogens is 2. The van der Waals surface area contributed by atoms with E-state index in [1.165, 1.54) is 17.4 Å². The van der Waals surface area contributed by atoms with Crippen molar-refractivity contribution >= 4 is 22.5 Å². The first-order valence-electron chi connectivity index (χ1n) is 6.40. The molecule has 4 nitrogen and oxygen atoms in total. The van der Waals surface area contributed by atoms with Crippen LogP contribution in [0.2, 0.25) is 0 Å². The van der Waals surface area contributed by atoms with Gasteiger partial charge in [0.15, 0.2) is 16.8 Å². The van der Waals surface area contributed by atoms with Crippen LogP contribution in [0, 0.1) is 11.6 Å². The fourth-order valence-electron chi connectivity index (χ4n) is 1.58. The van der Waals surface area contributed by atoms with Crippen LogP contribution < -0.4 is 10.6 Å². The van der Waals surface area contributed by atoms with Crippen LogP contribution in [0.3, 0.4) is 0 Å². The molecule has 2 N–H and O–H groups in total. The molecule has 0 unspecified atom stereocenters. The second kappa shape index (κ2) is 6.62. The largest absolute Gasteiger partial charge is 0.334 e. The predicted molar refractivity (Wildman–Crippen MR) is 78.4 cm³/mol. The van der Waals surface area contributed by atoms with E-state index in [4.69, 9.17) is 0 Å². The lowest BCUT2D eigenvalue weighted by Crippen LogP contribution is -2.28. The standard InChI is InChI=1S/C14H15F2N3OS/c1-8(2)12-7-18-14(21-12)19-13(20)17-6-9-3-4-10(15)11(16)5-9/h3-5,7-8H,6H2,1-2H3,(H2,17,18,19,20). The first-order valence-corrected chi connectivity index (χ1v) is 7.22. The van der Waals surface area contributed by atoms with Gasteiger partial charge in [-0.2, -0.15) is 0 Å². The van der Waals surface area contributed by atoms with E-state index in [-0.39, 0.29) is 6.54 Å². The molecule has 0 radical (unpaired) electrons. The zero-order valence-corrected chi connectivity index (χ0v) is 12.4. The molecule has 112 valence electrons. The van der Waals surface area contributed by atoms with Crippen LogP contribution >= 0.6 is 11.3 Å². The summed E-state index contributed by atoms with van der Waals surface area (Å²) >= 11 is 1.40. The lowest BCUT2D eigenvalue weighted by molar-refractivity contribution is 0.251. The van der Waals surface area contributed by atoms with Gasteiger partial charge in [0.2, 0.25) is 0 Å². The number of anilines is 1. The van der Waals surface area contributed by atoms with Gasteiger partial charge < -0.3 is 5.32 Å². The molecule has 0 fully saturated rings. The molecule has 1 aromatic carbocycles. The van der Waals surface area contributed by atoms with E-state index < -0.39 is 17.7 Å². The summed E-state index contributed by atoms with van der Waals surface area (Å²) in [5.74, 6) is -1.49. The minimum Gasteiger partial charge on any atom is -0.334 e. The molecule has 0 saturated heterocycles. The number of nitrogens with zero attached hydrogens (tertiary/aromatic N) is 1. The number of carbonyl (C=O) groups is 1. The van der Waals surface area contributed by atoms with Crippen molar-refractivity contribution in [2.75, 3.05) is 5.32 Å². The summed E-state index contributed by atoms with van der Waals surface area (Å²) < 4.78 is 25.8. The Hall–Kier alpha value is -2.02. The average molecular weight is 311 g/mol. The van der Waals surface area contributed by atoms with Crippen molar-refractivity contribution in [3.63, 3.8) is 0 Å². The van der Waals surface area contributed by atoms with Crippen LogP contribution in [0.5, 0.6) is 0 Å². The van der Waals surface area contributed by atoms with Crippen LogP contribution in [0.25, 0.3) is 0 Å². The monoisotopic (exact) mass is 311 g/mol. The molecule has 0 bridgehead atoms. The average Bonchev–Trinajstić information content (AvgIpc) is 2.89. The van der Waals surface area contributed by atoms with Gasteiger partial charge in [-0.05, 0) is 23.6 Å². The van der Waals surface area contributed by atoms with Gasteiger partial charge in [-0.1, -0.05) is 19.9 Å². The summed E-state index contributed by atoms with van der Waals surface area (Å²) in [6, 6.07) is 3.05. The van der Waals surface area contributed by atoms with Gasteiger partial charge in [0.05, 0.1) is 0 Å². The summed E-state index contributed by atoms with van der Waals surface area (Å²) in [6.45, 7) is 4.19. The topological polar surface area (TPSA) is 54.0 Å². The fraction of sp³-hybridized carbons (Fsp3) is 0.286. The minimum atomic E-state index is -0.934. The highest BCUT2D eigenvalue weighted by Crippen LogP contribution is 2.24. The third-order valence-corrected chi connectivity index (χ3v) is 3.96. The maximum Gasteiger partial charge on any atom is 0.321 e. The summed E-state index contributed by atoms with van der Waals surface area (Å²) in [7, 11) is 0. The van der Waals surface area contributed by atoms with Crippen molar-refractivity contribution in [1.29, 1.82) is 0 Å². The maximum absolute atomic E-state index is 13.0. The highest BCUT2D eigenvalue weighted by atomic mass is 32.1. The Labute approximate surface area is 125 Å². The highest BCUT2D eigenvalue weighted by Gasteiger charge is 2.09. The number of amides is 2.